The summed E-state index contributed by atoms with van der Waals surface area (Å²) in [6.45, 7) is 11.0. The Hall–Kier alpha value is -2.71. The van der Waals surface area contributed by atoms with Crippen molar-refractivity contribution < 1.29 is 19.3 Å². The smallest absolute Gasteiger partial charge is 0.227 e. The fourth-order valence-corrected chi connectivity index (χ4v) is 4.57. The summed E-state index contributed by atoms with van der Waals surface area (Å²) in [5.74, 6) is 1.46. The van der Waals surface area contributed by atoms with Crippen LogP contribution in [0.5, 0.6) is 11.6 Å². The summed E-state index contributed by atoms with van der Waals surface area (Å²) in [5.41, 5.74) is 2.65. The van der Waals surface area contributed by atoms with Gasteiger partial charge in [0.1, 0.15) is 5.75 Å². The maximum absolute atomic E-state index is 10.9. The van der Waals surface area contributed by atoms with E-state index in [0.717, 1.165) is 55.1 Å². The van der Waals surface area contributed by atoms with Crippen molar-refractivity contribution in [2.45, 2.75) is 71.3 Å². The number of rotatable bonds is 12. The minimum atomic E-state index is -0.617. The van der Waals surface area contributed by atoms with Gasteiger partial charge >= 0.3 is 0 Å². The highest BCUT2D eigenvalue weighted by Gasteiger charge is 2.27. The van der Waals surface area contributed by atoms with Gasteiger partial charge in [0.25, 0.3) is 0 Å². The van der Waals surface area contributed by atoms with Crippen molar-refractivity contribution in [3.63, 3.8) is 0 Å². The molecule has 0 bridgehead atoms. The number of para-hydroxylation sites is 2. The molecule has 7 heteroatoms. The van der Waals surface area contributed by atoms with Gasteiger partial charge in [0.2, 0.25) is 5.88 Å². The van der Waals surface area contributed by atoms with Crippen LogP contribution in [-0.2, 0) is 22.4 Å². The molecule has 0 aliphatic carbocycles. The molecule has 0 saturated carbocycles. The van der Waals surface area contributed by atoms with Gasteiger partial charge in [0.05, 0.1) is 41.4 Å². The van der Waals surface area contributed by atoms with Gasteiger partial charge in [-0.2, -0.15) is 5.10 Å². The number of nitrogens with zero attached hydrogens (tertiary/aromatic N) is 3. The van der Waals surface area contributed by atoms with Crippen molar-refractivity contribution >= 4 is 0 Å². The zero-order valence-electron chi connectivity index (χ0n) is 22.6. The van der Waals surface area contributed by atoms with Gasteiger partial charge in [-0.3, -0.25) is 4.90 Å². The molecule has 4 rings (SSSR count). The minimum Gasteiger partial charge on any atom is -0.439 e. The second-order valence-electron chi connectivity index (χ2n) is 10.7. The molecule has 3 aromatic rings. The third kappa shape index (κ3) is 7.89. The fraction of sp³-hybridized carbons (Fsp3) is 0.500. The number of aliphatic hydroxyl groups is 1. The summed E-state index contributed by atoms with van der Waals surface area (Å²) in [4.78, 5) is 2.26. The van der Waals surface area contributed by atoms with E-state index < -0.39 is 6.10 Å². The Bertz CT molecular complexity index is 1090. The van der Waals surface area contributed by atoms with Crippen LogP contribution < -0.4 is 4.74 Å². The van der Waals surface area contributed by atoms with Crippen molar-refractivity contribution in [3.05, 3.63) is 71.9 Å². The third-order valence-corrected chi connectivity index (χ3v) is 6.36. The van der Waals surface area contributed by atoms with Crippen molar-refractivity contribution in [2.24, 2.45) is 0 Å². The van der Waals surface area contributed by atoms with Gasteiger partial charge in [0.15, 0.2) is 0 Å². The van der Waals surface area contributed by atoms with Crippen molar-refractivity contribution in [3.8, 4) is 17.3 Å². The summed E-state index contributed by atoms with van der Waals surface area (Å²) in [7, 11) is 0. The molecule has 7 nitrogen and oxygen atoms in total. The van der Waals surface area contributed by atoms with E-state index in [1.165, 1.54) is 0 Å². The van der Waals surface area contributed by atoms with Crippen LogP contribution in [0.25, 0.3) is 5.69 Å². The Balaban J connectivity index is 1.66. The van der Waals surface area contributed by atoms with Crippen LogP contribution in [0, 0.1) is 0 Å². The Morgan fingerprint density at radius 3 is 2.43 bits per heavy atom. The molecule has 2 heterocycles. The number of benzene rings is 2. The van der Waals surface area contributed by atoms with E-state index >= 15 is 0 Å². The van der Waals surface area contributed by atoms with Gasteiger partial charge in [0, 0.05) is 26.2 Å². The second kappa shape index (κ2) is 12.7. The van der Waals surface area contributed by atoms with Gasteiger partial charge in [-0.05, 0) is 64.3 Å². The average Bonchev–Trinajstić information content (AvgIpc) is 3.52. The van der Waals surface area contributed by atoms with Gasteiger partial charge < -0.3 is 19.3 Å². The van der Waals surface area contributed by atoms with Crippen LogP contribution in [0.2, 0.25) is 0 Å². The van der Waals surface area contributed by atoms with Crippen molar-refractivity contribution in [1.29, 1.82) is 0 Å². The molecule has 1 aliphatic rings. The number of hydrogen-bond donors (Lipinski definition) is 1. The zero-order valence-corrected chi connectivity index (χ0v) is 22.6. The van der Waals surface area contributed by atoms with Crippen LogP contribution in [0.15, 0.2) is 60.7 Å². The highest BCUT2D eigenvalue weighted by atomic mass is 16.5. The van der Waals surface area contributed by atoms with E-state index in [-0.39, 0.29) is 18.3 Å². The zero-order chi connectivity index (χ0) is 26.3. The van der Waals surface area contributed by atoms with E-state index in [0.29, 0.717) is 19.0 Å². The first-order chi connectivity index (χ1) is 17.8. The minimum absolute atomic E-state index is 0.156. The number of ether oxygens (including phenoxy) is 3. The summed E-state index contributed by atoms with van der Waals surface area (Å²) in [5, 5.41) is 15.9. The Kier molecular flexibility index (Phi) is 9.38. The molecule has 1 aromatic heterocycles. The monoisotopic (exact) mass is 507 g/mol. The van der Waals surface area contributed by atoms with E-state index in [1.54, 1.807) is 0 Å². The first kappa shape index (κ1) is 27.3. The highest BCUT2D eigenvalue weighted by Crippen LogP contribution is 2.32. The van der Waals surface area contributed by atoms with Crippen LogP contribution in [0.4, 0.5) is 0 Å². The first-order valence-electron chi connectivity index (χ1n) is 13.4. The number of aromatic nitrogens is 2. The molecule has 200 valence electrons. The standard InChI is InChI=1S/C30H41N3O4/c1-5-28-27(21-32(20-26-17-12-18-35-26)19-24(34)22-36-30(2,3)4)29(37-25-15-10-7-11-16-25)33(31-28)23-13-8-6-9-14-23/h6-11,13-16,24,26,34H,5,12,17-22H2,1-4H3/t24-,26+/m1/s1. The third-order valence-electron chi connectivity index (χ3n) is 6.36. The van der Waals surface area contributed by atoms with Crippen LogP contribution in [0.1, 0.15) is 51.8 Å². The van der Waals surface area contributed by atoms with E-state index in [2.05, 4.69) is 11.8 Å². The molecular weight excluding hydrogens is 466 g/mol. The van der Waals surface area contributed by atoms with Crippen LogP contribution >= 0.6 is 0 Å². The predicted octanol–water partition coefficient (Wildman–Crippen LogP) is 5.38. The van der Waals surface area contributed by atoms with E-state index in [9.17, 15) is 5.11 Å². The molecule has 0 amide bonds. The molecule has 1 saturated heterocycles. The van der Waals surface area contributed by atoms with Gasteiger partial charge in [-0.15, -0.1) is 0 Å². The molecule has 37 heavy (non-hydrogen) atoms. The van der Waals surface area contributed by atoms with Crippen LogP contribution in [-0.4, -0.2) is 63.9 Å². The maximum Gasteiger partial charge on any atom is 0.227 e. The van der Waals surface area contributed by atoms with Crippen molar-refractivity contribution in [1.82, 2.24) is 14.7 Å². The Morgan fingerprint density at radius 2 is 1.81 bits per heavy atom. The topological polar surface area (TPSA) is 69.0 Å². The summed E-state index contributed by atoms with van der Waals surface area (Å²) < 4.78 is 20.2. The fourth-order valence-electron chi connectivity index (χ4n) is 4.57. The highest BCUT2D eigenvalue weighted by molar-refractivity contribution is 5.43. The first-order valence-corrected chi connectivity index (χ1v) is 13.4. The lowest BCUT2D eigenvalue weighted by molar-refractivity contribution is -0.0594. The molecule has 1 aliphatic heterocycles. The van der Waals surface area contributed by atoms with Gasteiger partial charge in [-0.1, -0.05) is 43.3 Å². The quantitative estimate of drug-likeness (QED) is 0.355. The molecule has 0 spiro atoms. The normalized spacial score (nSPS) is 16.9. The number of aryl methyl sites for hydroxylation is 1. The molecule has 1 fully saturated rings. The maximum atomic E-state index is 10.9. The summed E-state index contributed by atoms with van der Waals surface area (Å²) >= 11 is 0. The SMILES string of the molecule is CCc1nn(-c2ccccc2)c(Oc2ccccc2)c1CN(C[C@@H](O)COC(C)(C)C)C[C@@H]1CCCO1. The molecule has 1 N–H and O–H groups in total. The number of hydrogen-bond acceptors (Lipinski definition) is 6. The second-order valence-corrected chi connectivity index (χ2v) is 10.7. The lowest BCUT2D eigenvalue weighted by Gasteiger charge is -2.29. The Labute approximate surface area is 221 Å². The Morgan fingerprint density at radius 1 is 1.11 bits per heavy atom. The molecule has 0 radical (unpaired) electrons. The molecule has 0 unspecified atom stereocenters. The molecule has 2 aromatic carbocycles. The van der Waals surface area contributed by atoms with Gasteiger partial charge in [-0.25, -0.2) is 4.68 Å². The van der Waals surface area contributed by atoms with Crippen LogP contribution in [0.3, 0.4) is 0 Å². The van der Waals surface area contributed by atoms with Crippen molar-refractivity contribution in [2.75, 3.05) is 26.3 Å². The summed E-state index contributed by atoms with van der Waals surface area (Å²) in [6.07, 6.45) is 2.41. The van der Waals surface area contributed by atoms with E-state index in [4.69, 9.17) is 19.3 Å². The summed E-state index contributed by atoms with van der Waals surface area (Å²) in [6, 6.07) is 19.9. The molecule has 2 atom stereocenters. The molecular formula is C30H41N3O4. The predicted molar refractivity (Wildman–Crippen MR) is 145 cm³/mol. The number of aliphatic hydroxyl groups excluding tert-OH is 1. The lowest BCUT2D eigenvalue weighted by Crippen LogP contribution is -2.40. The lowest BCUT2D eigenvalue weighted by atomic mass is 10.1. The average molecular weight is 508 g/mol. The van der Waals surface area contributed by atoms with E-state index in [1.807, 2.05) is 86.1 Å². The largest absolute Gasteiger partial charge is 0.439 e.